The van der Waals surface area contributed by atoms with Gasteiger partial charge in [-0.1, -0.05) is 36.7 Å². The van der Waals surface area contributed by atoms with Crippen LogP contribution in [0, 0.1) is 0 Å². The zero-order valence-corrected chi connectivity index (χ0v) is 20.0. The highest BCUT2D eigenvalue weighted by Crippen LogP contribution is 2.35. The third-order valence-corrected chi connectivity index (χ3v) is 5.01. The van der Waals surface area contributed by atoms with Gasteiger partial charge in [0.2, 0.25) is 0 Å². The molecule has 0 fully saturated rings. The van der Waals surface area contributed by atoms with Crippen molar-refractivity contribution in [2.75, 3.05) is 6.61 Å². The van der Waals surface area contributed by atoms with Crippen molar-refractivity contribution < 1.29 is 42.9 Å². The second-order valence-electron chi connectivity index (χ2n) is 6.80. The smallest absolute Gasteiger partial charge is 0.347 e. The van der Waals surface area contributed by atoms with Gasteiger partial charge in [-0.2, -0.15) is 0 Å². The van der Waals surface area contributed by atoms with Crippen LogP contribution in [0.5, 0.6) is 5.75 Å². The van der Waals surface area contributed by atoms with Gasteiger partial charge < -0.3 is 18.9 Å². The standard InChI is InChI=1S/C22H24Cl2O9/c1-6-11(2)20(27)15-7-8-16(19(24)18(15)23)30-10-17(26)32-13(4)22(29)33-14(5)21(28)31-12(3)9-25/h7-9,12-14H,2,6,10H2,1,3-5H3. The Hall–Kier alpha value is -2.91. The van der Waals surface area contributed by atoms with E-state index in [4.69, 9.17) is 42.1 Å². The highest BCUT2D eigenvalue weighted by molar-refractivity contribution is 6.45. The van der Waals surface area contributed by atoms with Crippen LogP contribution in [-0.2, 0) is 33.4 Å². The number of esters is 3. The number of aldehydes is 1. The van der Waals surface area contributed by atoms with Crippen molar-refractivity contribution in [2.24, 2.45) is 0 Å². The van der Waals surface area contributed by atoms with Gasteiger partial charge >= 0.3 is 17.9 Å². The van der Waals surface area contributed by atoms with Gasteiger partial charge in [-0.25, -0.2) is 14.4 Å². The van der Waals surface area contributed by atoms with Gasteiger partial charge in [-0.15, -0.1) is 0 Å². The Morgan fingerprint density at radius 2 is 1.55 bits per heavy atom. The van der Waals surface area contributed by atoms with Gasteiger partial charge in [0.1, 0.15) is 10.8 Å². The van der Waals surface area contributed by atoms with Crippen molar-refractivity contribution in [3.63, 3.8) is 0 Å². The van der Waals surface area contributed by atoms with E-state index in [2.05, 4.69) is 6.58 Å². The summed E-state index contributed by atoms with van der Waals surface area (Å²) in [5, 5.41) is -0.132. The highest BCUT2D eigenvalue weighted by atomic mass is 35.5. The van der Waals surface area contributed by atoms with E-state index in [9.17, 15) is 24.0 Å². The van der Waals surface area contributed by atoms with Crippen molar-refractivity contribution in [3.05, 3.63) is 39.9 Å². The number of carbonyl (C=O) groups is 5. The summed E-state index contributed by atoms with van der Waals surface area (Å²) >= 11 is 12.3. The molecule has 33 heavy (non-hydrogen) atoms. The molecule has 0 saturated carbocycles. The zero-order chi connectivity index (χ0) is 25.3. The van der Waals surface area contributed by atoms with E-state index in [1.54, 1.807) is 6.92 Å². The second-order valence-corrected chi connectivity index (χ2v) is 7.56. The summed E-state index contributed by atoms with van der Waals surface area (Å²) in [6.45, 7) is 8.63. The molecule has 0 aliphatic carbocycles. The van der Waals surface area contributed by atoms with Crippen molar-refractivity contribution in [1.82, 2.24) is 0 Å². The SMILES string of the molecule is C=C(CC)C(=O)c1ccc(OCC(=O)OC(C)C(=O)OC(C)C(=O)OC(C)C=O)c(Cl)c1Cl. The van der Waals surface area contributed by atoms with Gasteiger partial charge in [0.25, 0.3) is 0 Å². The minimum absolute atomic E-state index is 0.0215. The van der Waals surface area contributed by atoms with Gasteiger partial charge in [-0.3, -0.25) is 9.59 Å². The van der Waals surface area contributed by atoms with Crippen LogP contribution in [0.3, 0.4) is 0 Å². The molecule has 0 aromatic heterocycles. The van der Waals surface area contributed by atoms with Crippen LogP contribution in [0.25, 0.3) is 0 Å². The summed E-state index contributed by atoms with van der Waals surface area (Å²) in [4.78, 5) is 58.5. The molecule has 1 aromatic rings. The Morgan fingerprint density at radius 3 is 2.12 bits per heavy atom. The minimum atomic E-state index is -1.36. The zero-order valence-electron chi connectivity index (χ0n) is 18.5. The quantitative estimate of drug-likeness (QED) is 0.139. The number of carbonyl (C=O) groups excluding carboxylic acids is 5. The van der Waals surface area contributed by atoms with Crippen molar-refractivity contribution in [3.8, 4) is 5.75 Å². The average Bonchev–Trinajstić information content (AvgIpc) is 2.78. The highest BCUT2D eigenvalue weighted by Gasteiger charge is 2.27. The first kappa shape index (κ1) is 28.1. The van der Waals surface area contributed by atoms with E-state index < -0.39 is 42.8 Å². The van der Waals surface area contributed by atoms with Gasteiger partial charge in [-0.05, 0) is 44.9 Å². The number of benzene rings is 1. The topological polar surface area (TPSA) is 122 Å². The number of Topliss-reactive ketones (excluding diaryl/α,β-unsaturated/α-hetero) is 1. The predicted molar refractivity (Wildman–Crippen MR) is 118 cm³/mol. The van der Waals surface area contributed by atoms with Crippen LogP contribution in [0.15, 0.2) is 24.3 Å². The van der Waals surface area contributed by atoms with E-state index in [0.29, 0.717) is 18.3 Å². The molecule has 0 amide bonds. The predicted octanol–water partition coefficient (Wildman–Crippen LogP) is 3.52. The molecule has 0 radical (unpaired) electrons. The lowest BCUT2D eigenvalue weighted by Gasteiger charge is -2.17. The molecule has 0 aliphatic heterocycles. The Morgan fingerprint density at radius 1 is 0.970 bits per heavy atom. The van der Waals surface area contributed by atoms with Gasteiger partial charge in [0, 0.05) is 5.56 Å². The fraction of sp³-hybridized carbons (Fsp3) is 0.409. The van der Waals surface area contributed by atoms with E-state index >= 15 is 0 Å². The van der Waals surface area contributed by atoms with E-state index in [0.717, 1.165) is 0 Å². The van der Waals surface area contributed by atoms with Crippen LogP contribution in [0.4, 0.5) is 0 Å². The largest absolute Gasteiger partial charge is 0.480 e. The molecule has 1 rings (SSSR count). The average molecular weight is 503 g/mol. The van der Waals surface area contributed by atoms with E-state index in [1.807, 2.05) is 0 Å². The molecule has 0 aliphatic rings. The number of ketones is 1. The first-order valence-corrected chi connectivity index (χ1v) is 10.6. The lowest BCUT2D eigenvalue weighted by molar-refractivity contribution is -0.179. The molecule has 3 atom stereocenters. The first-order chi connectivity index (χ1) is 15.4. The minimum Gasteiger partial charge on any atom is -0.480 e. The molecular formula is C22H24Cl2O9. The Kier molecular flexibility index (Phi) is 11.0. The molecular weight excluding hydrogens is 479 g/mol. The van der Waals surface area contributed by atoms with E-state index in [-0.39, 0.29) is 27.1 Å². The Bertz CT molecular complexity index is 942. The number of halogens is 2. The lowest BCUT2D eigenvalue weighted by atomic mass is 10.0. The van der Waals surface area contributed by atoms with Gasteiger partial charge in [0.15, 0.2) is 37.0 Å². The number of ether oxygens (including phenoxy) is 4. The summed E-state index contributed by atoms with van der Waals surface area (Å²) in [6.07, 6.45) is -2.83. The lowest BCUT2D eigenvalue weighted by Crippen LogP contribution is -2.35. The Labute approximate surface area is 200 Å². The molecule has 11 heteroatoms. The van der Waals surface area contributed by atoms with Crippen LogP contribution >= 0.6 is 23.2 Å². The number of allylic oxidation sites excluding steroid dienone is 1. The van der Waals surface area contributed by atoms with Crippen LogP contribution in [0.1, 0.15) is 44.5 Å². The fourth-order valence-corrected chi connectivity index (χ4v) is 2.67. The van der Waals surface area contributed by atoms with Gasteiger partial charge in [0.05, 0.1) is 5.02 Å². The maximum absolute atomic E-state index is 12.3. The van der Waals surface area contributed by atoms with Crippen LogP contribution < -0.4 is 4.74 Å². The normalized spacial score (nSPS) is 13.2. The molecule has 9 nitrogen and oxygen atoms in total. The van der Waals surface area contributed by atoms with Crippen molar-refractivity contribution in [1.29, 1.82) is 0 Å². The van der Waals surface area contributed by atoms with Crippen molar-refractivity contribution >= 4 is 53.2 Å². The third-order valence-electron chi connectivity index (χ3n) is 4.14. The van der Waals surface area contributed by atoms with Crippen LogP contribution in [0.2, 0.25) is 10.0 Å². The Balaban J connectivity index is 2.65. The number of rotatable bonds is 12. The summed E-state index contributed by atoms with van der Waals surface area (Å²) in [7, 11) is 0. The summed E-state index contributed by atoms with van der Waals surface area (Å²) in [6, 6.07) is 2.76. The fourth-order valence-electron chi connectivity index (χ4n) is 2.21. The molecule has 0 N–H and O–H groups in total. The molecule has 1 aromatic carbocycles. The summed E-state index contributed by atoms with van der Waals surface area (Å²) in [5.41, 5.74) is 0.502. The van der Waals surface area contributed by atoms with Crippen LogP contribution in [-0.4, -0.2) is 54.9 Å². The molecule has 0 bridgehead atoms. The number of hydrogen-bond acceptors (Lipinski definition) is 9. The molecule has 0 heterocycles. The number of hydrogen-bond donors (Lipinski definition) is 0. The van der Waals surface area contributed by atoms with Crippen molar-refractivity contribution in [2.45, 2.75) is 52.4 Å². The maximum atomic E-state index is 12.3. The third kappa shape index (κ3) is 8.18. The molecule has 180 valence electrons. The first-order valence-electron chi connectivity index (χ1n) is 9.81. The second kappa shape index (κ2) is 13.0. The molecule has 0 spiro atoms. The monoisotopic (exact) mass is 502 g/mol. The molecule has 3 unspecified atom stereocenters. The summed E-state index contributed by atoms with van der Waals surface area (Å²) in [5.74, 6) is -3.21. The van der Waals surface area contributed by atoms with E-state index in [1.165, 1.54) is 32.9 Å². The summed E-state index contributed by atoms with van der Waals surface area (Å²) < 4.78 is 19.7. The molecule has 0 saturated heterocycles. The maximum Gasteiger partial charge on any atom is 0.347 e.